The van der Waals surface area contributed by atoms with Crippen LogP contribution in [0.2, 0.25) is 0 Å². The molecule has 1 saturated carbocycles. The highest BCUT2D eigenvalue weighted by atomic mass is 16.3. The second kappa shape index (κ2) is 5.34. The highest BCUT2D eigenvalue weighted by Gasteiger charge is 2.38. The van der Waals surface area contributed by atoms with E-state index in [1.54, 1.807) is 0 Å². The Kier molecular flexibility index (Phi) is 4.64. The first-order chi connectivity index (χ1) is 6.98. The molecule has 1 aliphatic rings. The maximum absolute atomic E-state index is 10.7. The minimum absolute atomic E-state index is 0.360. The largest absolute Gasteiger partial charge is 0.390 e. The summed E-state index contributed by atoms with van der Waals surface area (Å²) >= 11 is 0. The topological polar surface area (TPSA) is 20.2 Å². The third-order valence-electron chi connectivity index (χ3n) is 4.23. The maximum Gasteiger partial charge on any atom is 0.0675 e. The van der Waals surface area contributed by atoms with Crippen LogP contribution >= 0.6 is 0 Å². The first kappa shape index (κ1) is 13.0. The van der Waals surface area contributed by atoms with Crippen LogP contribution in [0.3, 0.4) is 0 Å². The highest BCUT2D eigenvalue weighted by Crippen LogP contribution is 2.40. The van der Waals surface area contributed by atoms with Crippen LogP contribution in [0, 0.1) is 17.8 Å². The molecular formula is C14H28O. The van der Waals surface area contributed by atoms with Gasteiger partial charge in [0.05, 0.1) is 5.60 Å². The summed E-state index contributed by atoms with van der Waals surface area (Å²) in [6, 6.07) is 0. The Balaban J connectivity index is 2.50. The number of hydrogen-bond donors (Lipinski definition) is 1. The summed E-state index contributed by atoms with van der Waals surface area (Å²) in [5, 5.41) is 10.7. The van der Waals surface area contributed by atoms with Crippen molar-refractivity contribution in [2.24, 2.45) is 17.8 Å². The zero-order chi connectivity index (χ0) is 11.5. The van der Waals surface area contributed by atoms with Crippen molar-refractivity contribution in [3.8, 4) is 0 Å². The van der Waals surface area contributed by atoms with Gasteiger partial charge in [-0.3, -0.25) is 0 Å². The van der Waals surface area contributed by atoms with Gasteiger partial charge in [-0.15, -0.1) is 0 Å². The van der Waals surface area contributed by atoms with E-state index in [4.69, 9.17) is 0 Å². The fraction of sp³-hybridized carbons (Fsp3) is 1.00. The summed E-state index contributed by atoms with van der Waals surface area (Å²) < 4.78 is 0. The van der Waals surface area contributed by atoms with Gasteiger partial charge in [-0.05, 0) is 43.4 Å². The highest BCUT2D eigenvalue weighted by molar-refractivity contribution is 4.90. The van der Waals surface area contributed by atoms with E-state index in [-0.39, 0.29) is 5.60 Å². The van der Waals surface area contributed by atoms with Crippen molar-refractivity contribution in [2.75, 3.05) is 0 Å². The van der Waals surface area contributed by atoms with E-state index >= 15 is 0 Å². The molecule has 0 aromatic rings. The summed E-state index contributed by atoms with van der Waals surface area (Å²) in [5.41, 5.74) is -0.360. The summed E-state index contributed by atoms with van der Waals surface area (Å²) in [4.78, 5) is 0. The zero-order valence-corrected chi connectivity index (χ0v) is 10.9. The molecule has 0 aliphatic heterocycles. The molecule has 1 rings (SSSR count). The second-order valence-corrected chi connectivity index (χ2v) is 5.98. The van der Waals surface area contributed by atoms with Crippen molar-refractivity contribution in [3.05, 3.63) is 0 Å². The Morgan fingerprint density at radius 3 is 2.60 bits per heavy atom. The average molecular weight is 212 g/mol. The molecule has 0 saturated heterocycles. The van der Waals surface area contributed by atoms with Crippen LogP contribution in [0.5, 0.6) is 0 Å². The first-order valence-corrected chi connectivity index (χ1v) is 6.70. The van der Waals surface area contributed by atoms with Gasteiger partial charge < -0.3 is 5.11 Å². The van der Waals surface area contributed by atoms with E-state index in [9.17, 15) is 5.11 Å². The summed E-state index contributed by atoms with van der Waals surface area (Å²) in [7, 11) is 0. The summed E-state index contributed by atoms with van der Waals surface area (Å²) in [6.07, 6.45) is 6.93. The van der Waals surface area contributed by atoms with Crippen LogP contribution in [0.4, 0.5) is 0 Å². The van der Waals surface area contributed by atoms with Gasteiger partial charge in [-0.25, -0.2) is 0 Å². The average Bonchev–Trinajstić information content (AvgIpc) is 2.13. The van der Waals surface area contributed by atoms with Crippen molar-refractivity contribution < 1.29 is 5.11 Å². The quantitative estimate of drug-likeness (QED) is 0.747. The Bertz CT molecular complexity index is 190. The van der Waals surface area contributed by atoms with Crippen molar-refractivity contribution in [3.63, 3.8) is 0 Å². The van der Waals surface area contributed by atoms with Crippen LogP contribution in [0.15, 0.2) is 0 Å². The Hall–Kier alpha value is -0.0400. The van der Waals surface area contributed by atoms with Gasteiger partial charge in [0.1, 0.15) is 0 Å². The number of aliphatic hydroxyl groups is 1. The minimum atomic E-state index is -0.360. The zero-order valence-electron chi connectivity index (χ0n) is 10.9. The molecule has 1 N–H and O–H groups in total. The fourth-order valence-electron chi connectivity index (χ4n) is 3.19. The molecule has 0 radical (unpaired) electrons. The van der Waals surface area contributed by atoms with E-state index in [0.717, 1.165) is 18.8 Å². The van der Waals surface area contributed by atoms with E-state index in [1.165, 1.54) is 25.7 Å². The predicted molar refractivity (Wildman–Crippen MR) is 65.8 cm³/mol. The monoisotopic (exact) mass is 212 g/mol. The van der Waals surface area contributed by atoms with Gasteiger partial charge in [0.2, 0.25) is 0 Å². The SMILES string of the molecule is CCCC(C)CC1(O)CCC(C)CC1C. The minimum Gasteiger partial charge on any atom is -0.390 e. The molecule has 1 nitrogen and oxygen atoms in total. The molecule has 0 aromatic heterocycles. The Morgan fingerprint density at radius 2 is 2.07 bits per heavy atom. The molecule has 1 fully saturated rings. The third kappa shape index (κ3) is 3.48. The lowest BCUT2D eigenvalue weighted by Crippen LogP contribution is -2.42. The Labute approximate surface area is 95.3 Å². The lowest BCUT2D eigenvalue weighted by atomic mass is 9.68. The van der Waals surface area contributed by atoms with E-state index < -0.39 is 0 Å². The Morgan fingerprint density at radius 1 is 1.40 bits per heavy atom. The second-order valence-electron chi connectivity index (χ2n) is 5.98. The van der Waals surface area contributed by atoms with Crippen LogP contribution < -0.4 is 0 Å². The van der Waals surface area contributed by atoms with E-state index in [1.807, 2.05) is 0 Å². The smallest absolute Gasteiger partial charge is 0.0675 e. The molecule has 15 heavy (non-hydrogen) atoms. The molecule has 1 aliphatic carbocycles. The van der Waals surface area contributed by atoms with E-state index in [0.29, 0.717) is 11.8 Å². The van der Waals surface area contributed by atoms with Crippen molar-refractivity contribution >= 4 is 0 Å². The van der Waals surface area contributed by atoms with Gasteiger partial charge >= 0.3 is 0 Å². The van der Waals surface area contributed by atoms with Crippen LogP contribution in [0.1, 0.15) is 66.2 Å². The van der Waals surface area contributed by atoms with Crippen LogP contribution in [-0.4, -0.2) is 10.7 Å². The summed E-state index contributed by atoms with van der Waals surface area (Å²) in [5.74, 6) is 1.97. The molecule has 0 spiro atoms. The molecule has 0 aromatic carbocycles. The molecular weight excluding hydrogens is 184 g/mol. The molecule has 4 unspecified atom stereocenters. The van der Waals surface area contributed by atoms with Crippen molar-refractivity contribution in [2.45, 2.75) is 71.8 Å². The maximum atomic E-state index is 10.7. The molecule has 90 valence electrons. The standard InChI is InChI=1S/C14H28O/c1-5-6-12(3)10-14(15)8-7-11(2)9-13(14)4/h11-13,15H,5-10H2,1-4H3. The molecule has 0 amide bonds. The molecule has 1 heteroatoms. The van der Waals surface area contributed by atoms with Crippen molar-refractivity contribution in [1.29, 1.82) is 0 Å². The van der Waals surface area contributed by atoms with Gasteiger partial charge in [0.15, 0.2) is 0 Å². The number of hydrogen-bond acceptors (Lipinski definition) is 1. The van der Waals surface area contributed by atoms with Gasteiger partial charge in [0, 0.05) is 0 Å². The predicted octanol–water partition coefficient (Wildman–Crippen LogP) is 4.00. The van der Waals surface area contributed by atoms with Crippen LogP contribution in [0.25, 0.3) is 0 Å². The van der Waals surface area contributed by atoms with Crippen LogP contribution in [-0.2, 0) is 0 Å². The first-order valence-electron chi connectivity index (χ1n) is 6.70. The van der Waals surface area contributed by atoms with Gasteiger partial charge in [0.25, 0.3) is 0 Å². The van der Waals surface area contributed by atoms with E-state index in [2.05, 4.69) is 27.7 Å². The summed E-state index contributed by atoms with van der Waals surface area (Å²) in [6.45, 7) is 9.05. The molecule has 0 heterocycles. The molecule has 4 atom stereocenters. The fourth-order valence-corrected chi connectivity index (χ4v) is 3.19. The lowest BCUT2D eigenvalue weighted by Gasteiger charge is -2.42. The van der Waals surface area contributed by atoms with Gasteiger partial charge in [-0.2, -0.15) is 0 Å². The normalized spacial score (nSPS) is 39.0. The number of rotatable bonds is 4. The van der Waals surface area contributed by atoms with Gasteiger partial charge in [-0.1, -0.05) is 40.5 Å². The third-order valence-corrected chi connectivity index (χ3v) is 4.23. The van der Waals surface area contributed by atoms with Crippen molar-refractivity contribution in [1.82, 2.24) is 0 Å². The molecule has 0 bridgehead atoms. The lowest BCUT2D eigenvalue weighted by molar-refractivity contribution is -0.0692.